The number of rotatable bonds is 19. The minimum atomic E-state index is -0.581. The van der Waals surface area contributed by atoms with Crippen LogP contribution in [0.4, 0.5) is 0 Å². The van der Waals surface area contributed by atoms with Gasteiger partial charge in [0.05, 0.1) is 38.6 Å². The Balaban J connectivity index is 1.34. The van der Waals surface area contributed by atoms with Gasteiger partial charge in [-0.3, -0.25) is 0 Å². The van der Waals surface area contributed by atoms with Crippen LogP contribution in [0.1, 0.15) is 63.2 Å². The highest BCUT2D eigenvalue weighted by atomic mass is 16.5. The van der Waals surface area contributed by atoms with Crippen LogP contribution in [-0.2, 0) is 4.74 Å². The Morgan fingerprint density at radius 2 is 1.26 bits per heavy atom. The molecular formula is C35H46O7. The fraction of sp³-hybridized carbons (Fsp3) is 0.457. The molecule has 1 unspecified atom stereocenters. The van der Waals surface area contributed by atoms with Crippen molar-refractivity contribution in [2.75, 3.05) is 39.6 Å². The van der Waals surface area contributed by atoms with Crippen molar-refractivity contribution in [3.8, 4) is 28.4 Å². The van der Waals surface area contributed by atoms with E-state index in [1.54, 1.807) is 43.3 Å². The molecule has 42 heavy (non-hydrogen) atoms. The predicted molar refractivity (Wildman–Crippen MR) is 165 cm³/mol. The summed E-state index contributed by atoms with van der Waals surface area (Å²) >= 11 is 0. The first-order valence-corrected chi connectivity index (χ1v) is 14.9. The molecule has 0 aliphatic rings. The van der Waals surface area contributed by atoms with Gasteiger partial charge in [-0.05, 0) is 84.8 Å². The van der Waals surface area contributed by atoms with Gasteiger partial charge in [-0.25, -0.2) is 4.79 Å². The number of aliphatic hydroxyl groups excluding tert-OH is 2. The van der Waals surface area contributed by atoms with Gasteiger partial charge >= 0.3 is 5.97 Å². The van der Waals surface area contributed by atoms with Crippen LogP contribution >= 0.6 is 0 Å². The van der Waals surface area contributed by atoms with E-state index in [9.17, 15) is 15.0 Å². The van der Waals surface area contributed by atoms with Gasteiger partial charge in [-0.1, -0.05) is 57.9 Å². The Hall–Kier alpha value is -3.39. The molecule has 0 radical (unpaired) electrons. The number of carbonyl (C=O) groups excluding carboxylic acids is 1. The Morgan fingerprint density at radius 1 is 0.738 bits per heavy atom. The lowest BCUT2D eigenvalue weighted by atomic mass is 9.95. The van der Waals surface area contributed by atoms with E-state index >= 15 is 0 Å². The maximum Gasteiger partial charge on any atom is 0.343 e. The molecule has 3 aromatic rings. The Morgan fingerprint density at radius 3 is 1.83 bits per heavy atom. The standard InChI is InChI=1S/C35H46O7/c1-4-27(2)23-41-32-15-9-28(10-16-32)29-11-19-33(20-12-29)42-34(38)30-13-17-31(18-14-30)40-22-8-6-5-7-21-39-26-35(3,24-36)25-37/h9-20,27,36-37H,4-8,21-26H2,1-3H3. The predicted octanol–water partition coefficient (Wildman–Crippen LogP) is 6.94. The summed E-state index contributed by atoms with van der Waals surface area (Å²) < 4.78 is 22.8. The molecule has 3 aromatic carbocycles. The SMILES string of the molecule is CCC(C)COc1ccc(-c2ccc(OC(=O)c3ccc(OCCCCCCOCC(C)(CO)CO)cc3)cc2)cc1. The molecular weight excluding hydrogens is 532 g/mol. The van der Waals surface area contributed by atoms with Crippen molar-refractivity contribution in [3.05, 3.63) is 78.4 Å². The summed E-state index contributed by atoms with van der Waals surface area (Å²) in [5.41, 5.74) is 1.97. The fourth-order valence-electron chi connectivity index (χ4n) is 3.98. The molecule has 0 fully saturated rings. The van der Waals surface area contributed by atoms with E-state index < -0.39 is 11.4 Å². The van der Waals surface area contributed by atoms with E-state index in [4.69, 9.17) is 18.9 Å². The molecule has 0 aliphatic heterocycles. The molecule has 228 valence electrons. The number of hydrogen-bond donors (Lipinski definition) is 2. The van der Waals surface area contributed by atoms with Crippen LogP contribution in [0.25, 0.3) is 11.1 Å². The van der Waals surface area contributed by atoms with Crippen molar-refractivity contribution in [3.63, 3.8) is 0 Å². The van der Waals surface area contributed by atoms with Gasteiger partial charge < -0.3 is 29.2 Å². The first-order valence-electron chi connectivity index (χ1n) is 14.9. The molecule has 0 bridgehead atoms. The average molecular weight is 579 g/mol. The van der Waals surface area contributed by atoms with Gasteiger partial charge in [0.25, 0.3) is 0 Å². The third-order valence-electron chi connectivity index (χ3n) is 7.24. The minimum absolute atomic E-state index is 0.0947. The molecule has 0 saturated carbocycles. The average Bonchev–Trinajstić information content (AvgIpc) is 3.03. The first-order chi connectivity index (χ1) is 20.4. The molecule has 3 rings (SSSR count). The van der Waals surface area contributed by atoms with Gasteiger partial charge in [-0.15, -0.1) is 0 Å². The lowest BCUT2D eigenvalue weighted by molar-refractivity contribution is -0.0169. The number of esters is 1. The number of hydrogen-bond acceptors (Lipinski definition) is 7. The zero-order valence-corrected chi connectivity index (χ0v) is 25.2. The number of unbranched alkanes of at least 4 members (excludes halogenated alkanes) is 3. The van der Waals surface area contributed by atoms with Crippen molar-refractivity contribution in [2.45, 2.75) is 52.9 Å². The van der Waals surface area contributed by atoms with Gasteiger partial charge in [0, 0.05) is 12.0 Å². The van der Waals surface area contributed by atoms with Gasteiger partial charge in [0.2, 0.25) is 0 Å². The van der Waals surface area contributed by atoms with E-state index in [0.29, 0.717) is 49.4 Å². The van der Waals surface area contributed by atoms with E-state index in [-0.39, 0.29) is 13.2 Å². The lowest BCUT2D eigenvalue weighted by Gasteiger charge is -2.24. The quantitative estimate of drug-likeness (QED) is 0.0904. The van der Waals surface area contributed by atoms with Gasteiger partial charge in [0.1, 0.15) is 17.2 Å². The molecule has 0 aliphatic carbocycles. The number of benzene rings is 3. The minimum Gasteiger partial charge on any atom is -0.494 e. The van der Waals surface area contributed by atoms with Crippen molar-refractivity contribution >= 4 is 5.97 Å². The van der Waals surface area contributed by atoms with Crippen molar-refractivity contribution in [1.82, 2.24) is 0 Å². The normalized spacial score (nSPS) is 12.1. The maximum atomic E-state index is 12.6. The van der Waals surface area contributed by atoms with Crippen LogP contribution in [-0.4, -0.2) is 55.8 Å². The highest BCUT2D eigenvalue weighted by molar-refractivity contribution is 5.91. The summed E-state index contributed by atoms with van der Waals surface area (Å²) in [6.45, 7) is 8.21. The van der Waals surface area contributed by atoms with Gasteiger partial charge in [0.15, 0.2) is 0 Å². The molecule has 0 aromatic heterocycles. The summed E-state index contributed by atoms with van der Waals surface area (Å²) in [5, 5.41) is 18.5. The molecule has 0 heterocycles. The molecule has 0 saturated heterocycles. The number of carbonyl (C=O) groups is 1. The first kappa shape index (κ1) is 33.1. The molecule has 7 nitrogen and oxygen atoms in total. The second-order valence-electron chi connectivity index (χ2n) is 11.2. The summed E-state index contributed by atoms with van der Waals surface area (Å²) in [5.74, 6) is 2.17. The number of ether oxygens (including phenoxy) is 4. The van der Waals surface area contributed by atoms with Crippen LogP contribution in [0.3, 0.4) is 0 Å². The third-order valence-corrected chi connectivity index (χ3v) is 7.24. The second-order valence-corrected chi connectivity index (χ2v) is 11.2. The number of aliphatic hydroxyl groups is 2. The van der Waals surface area contributed by atoms with E-state index in [1.807, 2.05) is 36.4 Å². The van der Waals surface area contributed by atoms with Crippen LogP contribution in [0.5, 0.6) is 17.2 Å². The zero-order valence-electron chi connectivity index (χ0n) is 25.2. The third kappa shape index (κ3) is 11.1. The topological polar surface area (TPSA) is 94.5 Å². The van der Waals surface area contributed by atoms with Gasteiger partial charge in [-0.2, -0.15) is 0 Å². The van der Waals surface area contributed by atoms with Crippen molar-refractivity contribution < 1.29 is 34.0 Å². The van der Waals surface area contributed by atoms with Crippen molar-refractivity contribution in [2.24, 2.45) is 11.3 Å². The highest BCUT2D eigenvalue weighted by Crippen LogP contribution is 2.26. The zero-order chi connectivity index (χ0) is 30.2. The molecule has 2 N–H and O–H groups in total. The van der Waals surface area contributed by atoms with Crippen LogP contribution in [0.15, 0.2) is 72.8 Å². The molecule has 0 spiro atoms. The van der Waals surface area contributed by atoms with Crippen LogP contribution in [0.2, 0.25) is 0 Å². The Bertz CT molecular complexity index is 1170. The lowest BCUT2D eigenvalue weighted by Crippen LogP contribution is -2.31. The van der Waals surface area contributed by atoms with Crippen LogP contribution in [0, 0.1) is 11.3 Å². The molecule has 1 atom stereocenters. The monoisotopic (exact) mass is 578 g/mol. The smallest absolute Gasteiger partial charge is 0.343 e. The maximum absolute atomic E-state index is 12.6. The largest absolute Gasteiger partial charge is 0.494 e. The van der Waals surface area contributed by atoms with E-state index in [1.165, 1.54) is 0 Å². The Kier molecular flexibility index (Phi) is 13.8. The highest BCUT2D eigenvalue weighted by Gasteiger charge is 2.22. The summed E-state index contributed by atoms with van der Waals surface area (Å²) in [6.07, 6.45) is 4.97. The van der Waals surface area contributed by atoms with E-state index in [0.717, 1.165) is 49.0 Å². The fourth-order valence-corrected chi connectivity index (χ4v) is 3.98. The second kappa shape index (κ2) is 17.5. The molecule has 7 heteroatoms. The van der Waals surface area contributed by atoms with Crippen molar-refractivity contribution in [1.29, 1.82) is 0 Å². The molecule has 0 amide bonds. The van der Waals surface area contributed by atoms with Crippen LogP contribution < -0.4 is 14.2 Å². The summed E-state index contributed by atoms with van der Waals surface area (Å²) in [7, 11) is 0. The Labute approximate surface area is 250 Å². The van der Waals surface area contributed by atoms with E-state index in [2.05, 4.69) is 13.8 Å². The summed E-state index contributed by atoms with van der Waals surface area (Å²) in [4.78, 5) is 12.6. The summed E-state index contributed by atoms with van der Waals surface area (Å²) in [6, 6.07) is 22.5.